The first kappa shape index (κ1) is 19.7. The van der Waals surface area contributed by atoms with Crippen molar-refractivity contribution in [3.05, 3.63) is 71.1 Å². The average molecular weight is 423 g/mol. The van der Waals surface area contributed by atoms with E-state index < -0.39 is 0 Å². The van der Waals surface area contributed by atoms with Gasteiger partial charge in [0.25, 0.3) is 5.91 Å². The van der Waals surface area contributed by atoms with Gasteiger partial charge < -0.3 is 14.8 Å². The Bertz CT molecular complexity index is 1230. The minimum Gasteiger partial charge on any atom is -0.497 e. The Kier molecular flexibility index (Phi) is 5.29. The van der Waals surface area contributed by atoms with Crippen molar-refractivity contribution < 1.29 is 14.3 Å². The lowest BCUT2D eigenvalue weighted by Crippen LogP contribution is -2.13. The predicted octanol–water partition coefficient (Wildman–Crippen LogP) is 4.65. The summed E-state index contributed by atoms with van der Waals surface area (Å²) in [5.74, 6) is 1.58. The van der Waals surface area contributed by atoms with E-state index in [2.05, 4.69) is 15.3 Å². The van der Waals surface area contributed by atoms with Gasteiger partial charge in [-0.15, -0.1) is 0 Å². The van der Waals surface area contributed by atoms with Gasteiger partial charge in [-0.2, -0.15) is 0 Å². The van der Waals surface area contributed by atoms with Crippen molar-refractivity contribution in [1.29, 1.82) is 0 Å². The Balaban J connectivity index is 1.71. The summed E-state index contributed by atoms with van der Waals surface area (Å²) in [4.78, 5) is 21.9. The number of nitrogens with zero attached hydrogens (tertiary/aromatic N) is 3. The molecule has 4 aromatic rings. The van der Waals surface area contributed by atoms with Crippen LogP contribution in [0.15, 0.2) is 54.7 Å². The van der Waals surface area contributed by atoms with E-state index in [1.165, 1.54) is 0 Å². The number of aryl methyl sites for hydroxylation is 1. The third-order valence-corrected chi connectivity index (χ3v) is 4.96. The number of carbonyl (C=O) groups excluding carboxylic acids is 1. The number of nitrogens with one attached hydrogen (secondary N) is 1. The van der Waals surface area contributed by atoms with Gasteiger partial charge in [-0.1, -0.05) is 11.6 Å². The highest BCUT2D eigenvalue weighted by Gasteiger charge is 2.16. The lowest BCUT2D eigenvalue weighted by molar-refractivity contribution is 0.102. The molecule has 1 N–H and O–H groups in total. The number of carbonyl (C=O) groups is 1. The molecule has 0 fully saturated rings. The minimum absolute atomic E-state index is 0.293. The highest BCUT2D eigenvalue weighted by atomic mass is 35.5. The maximum Gasteiger partial charge on any atom is 0.255 e. The zero-order valence-corrected chi connectivity index (χ0v) is 17.4. The molecule has 0 radical (unpaired) electrons. The van der Waals surface area contributed by atoms with E-state index in [1.54, 1.807) is 56.8 Å². The molecule has 30 heavy (non-hydrogen) atoms. The van der Waals surface area contributed by atoms with Crippen LogP contribution in [0, 0.1) is 6.92 Å². The van der Waals surface area contributed by atoms with Crippen LogP contribution in [0.2, 0.25) is 5.02 Å². The van der Waals surface area contributed by atoms with Crippen LogP contribution in [0.5, 0.6) is 11.5 Å². The van der Waals surface area contributed by atoms with Gasteiger partial charge in [0.1, 0.15) is 22.8 Å². The smallest absolute Gasteiger partial charge is 0.255 e. The summed E-state index contributed by atoms with van der Waals surface area (Å²) >= 11 is 6.46. The lowest BCUT2D eigenvalue weighted by Gasteiger charge is -2.12. The molecule has 1 amide bonds. The van der Waals surface area contributed by atoms with Crippen LogP contribution in [-0.2, 0) is 0 Å². The minimum atomic E-state index is -0.293. The van der Waals surface area contributed by atoms with Crippen LogP contribution in [0.3, 0.4) is 0 Å². The number of aromatic nitrogens is 3. The molecule has 0 aliphatic carbocycles. The molecule has 8 heteroatoms. The quantitative estimate of drug-likeness (QED) is 0.506. The molecule has 0 aliphatic heterocycles. The highest BCUT2D eigenvalue weighted by molar-refractivity contribution is 6.32. The van der Waals surface area contributed by atoms with Gasteiger partial charge in [-0.25, -0.2) is 9.97 Å². The number of pyridine rings is 1. The van der Waals surface area contributed by atoms with Crippen molar-refractivity contribution in [3.63, 3.8) is 0 Å². The molecule has 0 atom stereocenters. The molecule has 152 valence electrons. The topological polar surface area (TPSA) is 78.3 Å². The fraction of sp³-hybridized carbons (Fsp3) is 0.136. The van der Waals surface area contributed by atoms with Gasteiger partial charge in [0.05, 0.1) is 24.9 Å². The molecule has 4 rings (SSSR count). The Labute approximate surface area is 178 Å². The van der Waals surface area contributed by atoms with E-state index in [-0.39, 0.29) is 5.91 Å². The summed E-state index contributed by atoms with van der Waals surface area (Å²) in [5.41, 5.74) is 3.05. The van der Waals surface area contributed by atoms with E-state index in [1.807, 2.05) is 23.6 Å². The van der Waals surface area contributed by atoms with E-state index in [4.69, 9.17) is 21.1 Å². The maximum absolute atomic E-state index is 12.9. The second-order valence-corrected chi connectivity index (χ2v) is 6.97. The first-order valence-corrected chi connectivity index (χ1v) is 9.52. The number of benzene rings is 2. The van der Waals surface area contributed by atoms with Crippen LogP contribution in [0.4, 0.5) is 5.69 Å². The molecule has 0 bridgehead atoms. The van der Waals surface area contributed by atoms with Crippen LogP contribution in [-0.4, -0.2) is 34.7 Å². The van der Waals surface area contributed by atoms with E-state index in [0.29, 0.717) is 39.1 Å². The fourth-order valence-electron chi connectivity index (χ4n) is 3.22. The van der Waals surface area contributed by atoms with Crippen molar-refractivity contribution in [2.24, 2.45) is 0 Å². The number of hydrogen-bond donors (Lipinski definition) is 1. The largest absolute Gasteiger partial charge is 0.497 e. The van der Waals surface area contributed by atoms with Crippen LogP contribution < -0.4 is 14.8 Å². The summed E-state index contributed by atoms with van der Waals surface area (Å²) < 4.78 is 12.3. The Morgan fingerprint density at radius 2 is 1.80 bits per heavy atom. The van der Waals surface area contributed by atoms with Gasteiger partial charge >= 0.3 is 0 Å². The molecular formula is C22H19ClN4O3. The summed E-state index contributed by atoms with van der Waals surface area (Å²) in [5, 5.41) is 3.36. The number of fused-ring (bicyclic) bond motifs is 1. The number of imidazole rings is 1. The Morgan fingerprint density at radius 1 is 1.07 bits per heavy atom. The molecule has 2 aromatic carbocycles. The molecule has 2 heterocycles. The van der Waals surface area contributed by atoms with Gasteiger partial charge in [-0.3, -0.25) is 9.36 Å². The molecule has 0 saturated carbocycles. The SMILES string of the molecule is COc1cc(NC(=O)c2ccc(Cl)c(-n3c(C)nc4cccnc43)c2)cc(OC)c1. The van der Waals surface area contributed by atoms with Crippen molar-refractivity contribution in [1.82, 2.24) is 14.5 Å². The van der Waals surface area contributed by atoms with Crippen molar-refractivity contribution in [2.45, 2.75) is 6.92 Å². The molecular weight excluding hydrogens is 404 g/mol. The predicted molar refractivity (Wildman–Crippen MR) is 116 cm³/mol. The van der Waals surface area contributed by atoms with E-state index in [9.17, 15) is 4.79 Å². The van der Waals surface area contributed by atoms with Gasteiger partial charge in [-0.05, 0) is 37.3 Å². The number of methoxy groups -OCH3 is 2. The standard InChI is InChI=1S/C22H19ClN4O3/c1-13-25-19-5-4-8-24-21(19)27(13)20-9-14(6-7-18(20)23)22(28)26-15-10-16(29-2)12-17(11-15)30-3/h4-12H,1-3H3,(H,26,28). The molecule has 0 unspecified atom stereocenters. The molecule has 2 aromatic heterocycles. The highest BCUT2D eigenvalue weighted by Crippen LogP contribution is 2.29. The molecule has 0 saturated heterocycles. The Hall–Kier alpha value is -3.58. The number of anilines is 1. The molecule has 0 spiro atoms. The van der Waals surface area contributed by atoms with E-state index in [0.717, 1.165) is 11.3 Å². The summed E-state index contributed by atoms with van der Waals surface area (Å²) in [6.45, 7) is 1.87. The van der Waals surface area contributed by atoms with Gasteiger partial charge in [0.2, 0.25) is 0 Å². The summed E-state index contributed by atoms with van der Waals surface area (Å²) in [6, 6.07) is 13.9. The maximum atomic E-state index is 12.9. The zero-order valence-electron chi connectivity index (χ0n) is 16.6. The molecule has 0 aliphatic rings. The number of hydrogen-bond acceptors (Lipinski definition) is 5. The van der Waals surface area contributed by atoms with Crippen molar-refractivity contribution in [2.75, 3.05) is 19.5 Å². The average Bonchev–Trinajstić information content (AvgIpc) is 3.09. The Morgan fingerprint density at radius 3 is 2.50 bits per heavy atom. The van der Waals surface area contributed by atoms with E-state index >= 15 is 0 Å². The first-order valence-electron chi connectivity index (χ1n) is 9.14. The van der Waals surface area contributed by atoms with Crippen molar-refractivity contribution in [3.8, 4) is 17.2 Å². The first-order chi connectivity index (χ1) is 14.5. The number of halogens is 1. The van der Waals surface area contributed by atoms with Gasteiger partial charge in [0.15, 0.2) is 5.65 Å². The summed E-state index contributed by atoms with van der Waals surface area (Å²) in [7, 11) is 3.11. The number of rotatable bonds is 5. The third kappa shape index (κ3) is 3.67. The van der Waals surface area contributed by atoms with Crippen LogP contribution in [0.25, 0.3) is 16.9 Å². The monoisotopic (exact) mass is 422 g/mol. The zero-order chi connectivity index (χ0) is 21.3. The van der Waals surface area contributed by atoms with Crippen LogP contribution in [0.1, 0.15) is 16.2 Å². The van der Waals surface area contributed by atoms with Gasteiger partial charge in [0, 0.05) is 35.6 Å². The lowest BCUT2D eigenvalue weighted by atomic mass is 10.1. The fourth-order valence-corrected chi connectivity index (χ4v) is 3.42. The second-order valence-electron chi connectivity index (χ2n) is 6.56. The van der Waals surface area contributed by atoms with Crippen molar-refractivity contribution >= 4 is 34.4 Å². The molecule has 7 nitrogen and oxygen atoms in total. The summed E-state index contributed by atoms with van der Waals surface area (Å²) in [6.07, 6.45) is 1.70. The second kappa shape index (κ2) is 8.04. The number of ether oxygens (including phenoxy) is 2. The normalized spacial score (nSPS) is 10.8. The number of amides is 1. The third-order valence-electron chi connectivity index (χ3n) is 4.64. The van der Waals surface area contributed by atoms with Crippen LogP contribution >= 0.6 is 11.6 Å².